The van der Waals surface area contributed by atoms with E-state index >= 15 is 0 Å². The SMILES string of the molecule is CC(C)C(=O)OC1=Cc2cc(Cl)c(F)cc2CC1. The molecule has 0 radical (unpaired) electrons. The Hall–Kier alpha value is -1.35. The standard InChI is InChI=1S/C14H14ClFO2/c1-8(2)14(17)18-11-4-3-9-7-13(16)12(15)6-10(9)5-11/h5-8H,3-4H2,1-2H3. The molecule has 2 rings (SSSR count). The van der Waals surface area contributed by atoms with Crippen LogP contribution in [0.5, 0.6) is 0 Å². The molecule has 0 saturated carbocycles. The minimum absolute atomic E-state index is 0.0847. The summed E-state index contributed by atoms with van der Waals surface area (Å²) in [4.78, 5) is 11.5. The fourth-order valence-electron chi connectivity index (χ4n) is 1.79. The molecule has 0 N–H and O–H groups in total. The van der Waals surface area contributed by atoms with Gasteiger partial charge in [0.05, 0.1) is 10.9 Å². The Morgan fingerprint density at radius 2 is 2.11 bits per heavy atom. The van der Waals surface area contributed by atoms with Crippen molar-refractivity contribution in [3.63, 3.8) is 0 Å². The number of ether oxygens (including phenoxy) is 1. The van der Waals surface area contributed by atoms with Crippen LogP contribution in [-0.4, -0.2) is 5.97 Å². The summed E-state index contributed by atoms with van der Waals surface area (Å²) in [7, 11) is 0. The van der Waals surface area contributed by atoms with Crippen LogP contribution >= 0.6 is 11.6 Å². The van der Waals surface area contributed by atoms with E-state index in [1.165, 1.54) is 6.07 Å². The number of hydrogen-bond donors (Lipinski definition) is 0. The van der Waals surface area contributed by atoms with E-state index in [2.05, 4.69) is 0 Å². The van der Waals surface area contributed by atoms with Crippen LogP contribution in [0.1, 0.15) is 31.4 Å². The van der Waals surface area contributed by atoms with Crippen LogP contribution in [0, 0.1) is 11.7 Å². The van der Waals surface area contributed by atoms with Gasteiger partial charge in [-0.2, -0.15) is 0 Å². The number of carbonyl (C=O) groups excluding carboxylic acids is 1. The zero-order chi connectivity index (χ0) is 13.3. The summed E-state index contributed by atoms with van der Waals surface area (Å²) in [6.07, 6.45) is 3.01. The highest BCUT2D eigenvalue weighted by atomic mass is 35.5. The molecule has 1 aliphatic carbocycles. The molecular weight excluding hydrogens is 255 g/mol. The van der Waals surface area contributed by atoms with Crippen molar-refractivity contribution in [1.82, 2.24) is 0 Å². The number of hydrogen-bond acceptors (Lipinski definition) is 2. The molecular formula is C14H14ClFO2. The highest BCUT2D eigenvalue weighted by Gasteiger charge is 2.17. The van der Waals surface area contributed by atoms with Gasteiger partial charge < -0.3 is 4.74 Å². The van der Waals surface area contributed by atoms with Gasteiger partial charge in [-0.05, 0) is 35.8 Å². The predicted octanol–water partition coefficient (Wildman–Crippen LogP) is 3.97. The molecule has 0 saturated heterocycles. The predicted molar refractivity (Wildman–Crippen MR) is 68.6 cm³/mol. The number of halogens is 2. The van der Waals surface area contributed by atoms with Crippen molar-refractivity contribution in [1.29, 1.82) is 0 Å². The molecule has 0 unspecified atom stereocenters. The summed E-state index contributed by atoms with van der Waals surface area (Å²) >= 11 is 5.74. The van der Waals surface area contributed by atoms with E-state index in [1.54, 1.807) is 26.0 Å². The van der Waals surface area contributed by atoms with E-state index in [4.69, 9.17) is 16.3 Å². The van der Waals surface area contributed by atoms with E-state index in [0.29, 0.717) is 18.6 Å². The maximum absolute atomic E-state index is 13.3. The summed E-state index contributed by atoms with van der Waals surface area (Å²) in [5.41, 5.74) is 1.71. The highest BCUT2D eigenvalue weighted by molar-refractivity contribution is 6.30. The van der Waals surface area contributed by atoms with Crippen LogP contribution in [0.25, 0.3) is 6.08 Å². The summed E-state index contributed by atoms with van der Waals surface area (Å²) < 4.78 is 18.5. The zero-order valence-corrected chi connectivity index (χ0v) is 11.1. The smallest absolute Gasteiger partial charge is 0.313 e. The molecule has 0 fully saturated rings. The van der Waals surface area contributed by atoms with Gasteiger partial charge in [0, 0.05) is 6.42 Å². The first kappa shape index (κ1) is 13.1. The summed E-state index contributed by atoms with van der Waals surface area (Å²) in [5, 5.41) is 0.0847. The molecule has 0 bridgehead atoms. The largest absolute Gasteiger partial charge is 0.431 e. The number of benzene rings is 1. The van der Waals surface area contributed by atoms with Gasteiger partial charge in [0.25, 0.3) is 0 Å². The third kappa shape index (κ3) is 2.72. The van der Waals surface area contributed by atoms with Gasteiger partial charge in [-0.1, -0.05) is 25.4 Å². The Balaban J connectivity index is 2.25. The second kappa shape index (κ2) is 5.11. The lowest BCUT2D eigenvalue weighted by molar-refractivity contribution is -0.143. The van der Waals surface area contributed by atoms with Crippen molar-refractivity contribution >= 4 is 23.6 Å². The molecule has 96 valence electrons. The normalized spacial score (nSPS) is 14.2. The van der Waals surface area contributed by atoms with Crippen LogP contribution in [-0.2, 0) is 16.0 Å². The average Bonchev–Trinajstić information content (AvgIpc) is 2.31. The van der Waals surface area contributed by atoms with Crippen LogP contribution < -0.4 is 0 Å². The molecule has 18 heavy (non-hydrogen) atoms. The fraction of sp³-hybridized carbons (Fsp3) is 0.357. The number of rotatable bonds is 2. The van der Waals surface area contributed by atoms with Crippen molar-refractivity contribution in [3.05, 3.63) is 39.9 Å². The Bertz CT molecular complexity index is 521. The maximum atomic E-state index is 13.3. The van der Waals surface area contributed by atoms with Gasteiger partial charge in [0.1, 0.15) is 11.6 Å². The topological polar surface area (TPSA) is 26.3 Å². The molecule has 1 aromatic rings. The first-order valence-corrected chi connectivity index (χ1v) is 6.25. The lowest BCUT2D eigenvalue weighted by atomic mass is 9.96. The Morgan fingerprint density at radius 3 is 2.78 bits per heavy atom. The molecule has 1 aromatic carbocycles. The van der Waals surface area contributed by atoms with E-state index in [0.717, 1.165) is 11.1 Å². The molecule has 0 atom stereocenters. The molecule has 0 amide bonds. The molecule has 0 aliphatic heterocycles. The summed E-state index contributed by atoms with van der Waals surface area (Å²) in [5.74, 6) is -0.211. The van der Waals surface area contributed by atoms with Crippen molar-refractivity contribution in [2.75, 3.05) is 0 Å². The van der Waals surface area contributed by atoms with Crippen LogP contribution in [0.3, 0.4) is 0 Å². The number of allylic oxidation sites excluding steroid dienone is 1. The highest BCUT2D eigenvalue weighted by Crippen LogP contribution is 2.29. The van der Waals surface area contributed by atoms with Gasteiger partial charge in [-0.25, -0.2) is 4.39 Å². The lowest BCUT2D eigenvalue weighted by Gasteiger charge is -2.17. The quantitative estimate of drug-likeness (QED) is 0.759. The average molecular weight is 269 g/mol. The third-order valence-electron chi connectivity index (χ3n) is 2.84. The molecule has 4 heteroatoms. The third-order valence-corrected chi connectivity index (χ3v) is 3.13. The zero-order valence-electron chi connectivity index (χ0n) is 10.3. The lowest BCUT2D eigenvalue weighted by Crippen LogP contribution is -2.13. The van der Waals surface area contributed by atoms with Gasteiger partial charge >= 0.3 is 5.97 Å². The van der Waals surface area contributed by atoms with Crippen molar-refractivity contribution in [2.45, 2.75) is 26.7 Å². The van der Waals surface area contributed by atoms with Crippen LogP contribution in [0.4, 0.5) is 4.39 Å². The van der Waals surface area contributed by atoms with E-state index in [9.17, 15) is 9.18 Å². The first-order chi connectivity index (χ1) is 8.47. The van der Waals surface area contributed by atoms with Crippen LogP contribution in [0.2, 0.25) is 5.02 Å². The van der Waals surface area contributed by atoms with Crippen LogP contribution in [0.15, 0.2) is 17.9 Å². The monoisotopic (exact) mass is 268 g/mol. The first-order valence-electron chi connectivity index (χ1n) is 5.87. The minimum atomic E-state index is -0.411. The Kier molecular flexibility index (Phi) is 3.71. The van der Waals surface area contributed by atoms with Gasteiger partial charge in [0.2, 0.25) is 0 Å². The van der Waals surface area contributed by atoms with E-state index in [1.807, 2.05) is 0 Å². The molecule has 2 nitrogen and oxygen atoms in total. The van der Waals surface area contributed by atoms with Gasteiger partial charge in [-0.3, -0.25) is 4.79 Å². The fourth-order valence-corrected chi connectivity index (χ4v) is 1.96. The second-order valence-electron chi connectivity index (χ2n) is 4.65. The van der Waals surface area contributed by atoms with Gasteiger partial charge in [-0.15, -0.1) is 0 Å². The van der Waals surface area contributed by atoms with Crippen molar-refractivity contribution in [3.8, 4) is 0 Å². The van der Waals surface area contributed by atoms with E-state index in [-0.39, 0.29) is 16.9 Å². The van der Waals surface area contributed by atoms with E-state index < -0.39 is 5.82 Å². The number of aryl methyl sites for hydroxylation is 1. The molecule has 0 spiro atoms. The molecule has 0 heterocycles. The molecule has 0 aromatic heterocycles. The minimum Gasteiger partial charge on any atom is -0.431 e. The second-order valence-corrected chi connectivity index (χ2v) is 5.06. The number of esters is 1. The van der Waals surface area contributed by atoms with Crippen molar-refractivity contribution in [2.24, 2.45) is 5.92 Å². The Morgan fingerprint density at radius 1 is 1.39 bits per heavy atom. The summed E-state index contributed by atoms with van der Waals surface area (Å²) in [6.45, 7) is 3.57. The van der Waals surface area contributed by atoms with Gasteiger partial charge in [0.15, 0.2) is 0 Å². The number of carbonyl (C=O) groups is 1. The molecule has 1 aliphatic rings. The van der Waals surface area contributed by atoms with Crippen molar-refractivity contribution < 1.29 is 13.9 Å². The number of fused-ring (bicyclic) bond motifs is 1. The maximum Gasteiger partial charge on any atom is 0.313 e. The summed E-state index contributed by atoms with van der Waals surface area (Å²) in [6, 6.07) is 3.00. The Labute approximate surface area is 110 Å².